The molecule has 1 aromatic carbocycles. The lowest BCUT2D eigenvalue weighted by molar-refractivity contribution is -0.143. The van der Waals surface area contributed by atoms with Gasteiger partial charge in [0.1, 0.15) is 17.7 Å². The summed E-state index contributed by atoms with van der Waals surface area (Å²) in [5.41, 5.74) is -0.631. The molecule has 0 aliphatic carbocycles. The van der Waals surface area contributed by atoms with E-state index in [9.17, 15) is 19.5 Å². The first-order valence-corrected chi connectivity index (χ1v) is 12.4. The Hall–Kier alpha value is -2.26. The van der Waals surface area contributed by atoms with Crippen LogP contribution in [-0.4, -0.2) is 70.3 Å². The molecule has 0 radical (unpaired) electrons. The van der Waals surface area contributed by atoms with Crippen molar-refractivity contribution in [2.24, 2.45) is 0 Å². The molecule has 2 unspecified atom stereocenters. The number of aliphatic hydroxyl groups is 1. The highest BCUT2D eigenvalue weighted by Crippen LogP contribution is 2.24. The quantitative estimate of drug-likeness (QED) is 0.474. The van der Waals surface area contributed by atoms with Crippen LogP contribution in [0.25, 0.3) is 0 Å². The Kier molecular flexibility index (Phi) is 11.2. The Bertz CT molecular complexity index is 775. The lowest BCUT2D eigenvalue weighted by Crippen LogP contribution is -2.55. The van der Waals surface area contributed by atoms with E-state index in [1.165, 1.54) is 4.90 Å². The second-order valence-corrected chi connectivity index (χ2v) is 10.8. The first kappa shape index (κ1) is 28.8. The van der Waals surface area contributed by atoms with Crippen molar-refractivity contribution >= 4 is 29.7 Å². The van der Waals surface area contributed by atoms with Gasteiger partial charge in [-0.1, -0.05) is 30.3 Å². The first-order valence-electron chi connectivity index (χ1n) is 11.1. The second kappa shape index (κ2) is 12.8. The van der Waals surface area contributed by atoms with Gasteiger partial charge < -0.3 is 25.4 Å². The van der Waals surface area contributed by atoms with Crippen LogP contribution < -0.4 is 10.6 Å². The van der Waals surface area contributed by atoms with Crippen molar-refractivity contribution in [1.82, 2.24) is 15.5 Å². The number of hydrogen-bond acceptors (Lipinski definition) is 6. The lowest BCUT2D eigenvalue weighted by atomic mass is 10.0. The molecule has 0 bridgehead atoms. The molecule has 9 heteroatoms. The van der Waals surface area contributed by atoms with Crippen LogP contribution in [0.5, 0.6) is 0 Å². The van der Waals surface area contributed by atoms with Crippen LogP contribution in [0, 0.1) is 0 Å². The number of nitrogens with one attached hydrogen (secondary N) is 2. The molecule has 1 aromatic rings. The minimum atomic E-state index is -0.970. The maximum absolute atomic E-state index is 13.7. The zero-order chi connectivity index (χ0) is 25.2. The van der Waals surface area contributed by atoms with E-state index < -0.39 is 35.2 Å². The fourth-order valence-electron chi connectivity index (χ4n) is 3.16. The van der Waals surface area contributed by atoms with Crippen molar-refractivity contribution in [1.29, 1.82) is 0 Å². The third-order valence-electron chi connectivity index (χ3n) is 4.40. The molecule has 3 N–H and O–H groups in total. The van der Waals surface area contributed by atoms with Crippen molar-refractivity contribution in [3.63, 3.8) is 0 Å². The molecule has 0 aromatic heterocycles. The Morgan fingerprint density at radius 3 is 2.18 bits per heavy atom. The van der Waals surface area contributed by atoms with E-state index >= 15 is 0 Å². The normalized spacial score (nSPS) is 13.6. The van der Waals surface area contributed by atoms with Gasteiger partial charge in [-0.25, -0.2) is 4.79 Å². The largest absolute Gasteiger partial charge is 0.444 e. The summed E-state index contributed by atoms with van der Waals surface area (Å²) in [4.78, 5) is 40.8. The number of carbonyl (C=O) groups is 3. The molecule has 2 atom stereocenters. The number of aliphatic hydroxyl groups excluding tert-OH is 1. The number of alkyl carbamates (subject to hydrolysis) is 1. The third-order valence-corrected chi connectivity index (χ3v) is 5.04. The Morgan fingerprint density at radius 1 is 1.09 bits per heavy atom. The van der Waals surface area contributed by atoms with Crippen LogP contribution in [0.3, 0.4) is 0 Å². The maximum Gasteiger partial charge on any atom is 0.408 e. The molecular weight excluding hydrogens is 442 g/mol. The Labute approximate surface area is 201 Å². The van der Waals surface area contributed by atoms with Crippen LogP contribution >= 0.6 is 11.8 Å². The number of nitrogens with zero attached hydrogens (tertiary/aromatic N) is 1. The Balaban J connectivity index is 3.35. The predicted molar refractivity (Wildman–Crippen MR) is 132 cm³/mol. The van der Waals surface area contributed by atoms with Gasteiger partial charge in [-0.15, -0.1) is 0 Å². The standard InChI is InChI=1S/C24H39N3O5S/c1-23(2,3)26-20(29)19(17-11-9-8-10-12-17)27(14-15-28)21(30)18(13-16-33-7)25-22(31)32-24(4,5)6/h8-12,18-19,28H,13-16H2,1-7H3,(H,25,31)(H,26,29). The maximum atomic E-state index is 13.7. The van der Waals surface area contributed by atoms with E-state index in [2.05, 4.69) is 10.6 Å². The number of ether oxygens (including phenoxy) is 1. The highest BCUT2D eigenvalue weighted by atomic mass is 32.2. The third kappa shape index (κ3) is 10.5. The van der Waals surface area contributed by atoms with E-state index in [0.29, 0.717) is 17.7 Å². The molecule has 0 saturated heterocycles. The molecule has 186 valence electrons. The van der Waals surface area contributed by atoms with Crippen LogP contribution in [0.1, 0.15) is 59.6 Å². The van der Waals surface area contributed by atoms with Crippen LogP contribution in [0.4, 0.5) is 4.79 Å². The van der Waals surface area contributed by atoms with Crippen LogP contribution in [-0.2, 0) is 14.3 Å². The number of benzene rings is 1. The number of amides is 3. The summed E-state index contributed by atoms with van der Waals surface area (Å²) in [6.45, 7) is 10.4. The number of thioether (sulfide) groups is 1. The van der Waals surface area contributed by atoms with E-state index in [1.807, 2.05) is 33.1 Å². The Morgan fingerprint density at radius 2 is 1.70 bits per heavy atom. The topological polar surface area (TPSA) is 108 Å². The SMILES string of the molecule is CSCCC(NC(=O)OC(C)(C)C)C(=O)N(CCO)C(C(=O)NC(C)(C)C)c1ccccc1. The number of carbonyl (C=O) groups excluding carboxylic acids is 3. The summed E-state index contributed by atoms with van der Waals surface area (Å²) in [6.07, 6.45) is 1.55. The number of hydrogen-bond donors (Lipinski definition) is 3. The van der Waals surface area contributed by atoms with Gasteiger partial charge in [0, 0.05) is 12.1 Å². The summed E-state index contributed by atoms with van der Waals surface area (Å²) in [6, 6.07) is 7.06. The monoisotopic (exact) mass is 481 g/mol. The molecule has 0 heterocycles. The molecule has 0 aliphatic heterocycles. The van der Waals surface area contributed by atoms with E-state index in [-0.39, 0.29) is 19.1 Å². The average Bonchev–Trinajstić information content (AvgIpc) is 2.68. The fourth-order valence-corrected chi connectivity index (χ4v) is 3.63. The van der Waals surface area contributed by atoms with Gasteiger partial charge in [-0.3, -0.25) is 9.59 Å². The van der Waals surface area contributed by atoms with E-state index in [0.717, 1.165) is 0 Å². The van der Waals surface area contributed by atoms with Crippen molar-refractivity contribution < 1.29 is 24.2 Å². The average molecular weight is 482 g/mol. The van der Waals surface area contributed by atoms with Crippen molar-refractivity contribution in [2.75, 3.05) is 25.2 Å². The molecule has 0 saturated carbocycles. The van der Waals surface area contributed by atoms with Crippen molar-refractivity contribution in [3.05, 3.63) is 35.9 Å². The van der Waals surface area contributed by atoms with Crippen LogP contribution in [0.15, 0.2) is 30.3 Å². The molecule has 33 heavy (non-hydrogen) atoms. The molecule has 1 rings (SSSR count). The fraction of sp³-hybridized carbons (Fsp3) is 0.625. The lowest BCUT2D eigenvalue weighted by Gasteiger charge is -2.35. The van der Waals surface area contributed by atoms with Gasteiger partial charge in [0.2, 0.25) is 11.8 Å². The molecule has 0 fully saturated rings. The molecule has 3 amide bonds. The summed E-state index contributed by atoms with van der Waals surface area (Å²) in [5.74, 6) is -0.207. The minimum Gasteiger partial charge on any atom is -0.444 e. The minimum absolute atomic E-state index is 0.0677. The zero-order valence-corrected chi connectivity index (χ0v) is 21.6. The van der Waals surface area contributed by atoms with Gasteiger partial charge in [0.25, 0.3) is 0 Å². The molecule has 0 aliphatic rings. The summed E-state index contributed by atoms with van der Waals surface area (Å²) < 4.78 is 5.34. The first-order chi connectivity index (χ1) is 15.3. The van der Waals surface area contributed by atoms with Gasteiger partial charge in [0.05, 0.1) is 6.61 Å². The highest BCUT2D eigenvalue weighted by molar-refractivity contribution is 7.98. The van der Waals surface area contributed by atoms with Gasteiger partial charge in [-0.2, -0.15) is 11.8 Å². The number of rotatable bonds is 10. The molecule has 0 spiro atoms. The second-order valence-electron chi connectivity index (χ2n) is 9.79. The van der Waals surface area contributed by atoms with Gasteiger partial charge in [-0.05, 0) is 65.5 Å². The summed E-state index contributed by atoms with van der Waals surface area (Å²) in [5, 5.41) is 15.3. The smallest absolute Gasteiger partial charge is 0.408 e. The van der Waals surface area contributed by atoms with Crippen LogP contribution in [0.2, 0.25) is 0 Å². The molecule has 8 nitrogen and oxygen atoms in total. The zero-order valence-electron chi connectivity index (χ0n) is 20.8. The van der Waals surface area contributed by atoms with Crippen molar-refractivity contribution in [2.45, 2.75) is 71.2 Å². The predicted octanol–water partition coefficient (Wildman–Crippen LogP) is 3.11. The van der Waals surface area contributed by atoms with E-state index in [4.69, 9.17) is 4.74 Å². The summed E-state index contributed by atoms with van der Waals surface area (Å²) in [7, 11) is 0. The van der Waals surface area contributed by atoms with Gasteiger partial charge >= 0.3 is 6.09 Å². The highest BCUT2D eigenvalue weighted by Gasteiger charge is 2.36. The van der Waals surface area contributed by atoms with Crippen molar-refractivity contribution in [3.8, 4) is 0 Å². The van der Waals surface area contributed by atoms with Gasteiger partial charge in [0.15, 0.2) is 0 Å². The molecular formula is C24H39N3O5S. The van der Waals surface area contributed by atoms with E-state index in [1.54, 1.807) is 56.8 Å². The summed E-state index contributed by atoms with van der Waals surface area (Å²) >= 11 is 1.54.